The third kappa shape index (κ3) is 5.43. The average molecular weight is 355 g/mol. The third-order valence-corrected chi connectivity index (χ3v) is 5.27. The Morgan fingerprint density at radius 3 is 2.38 bits per heavy atom. The molecule has 2 fully saturated rings. The molecule has 5 heteroatoms. The molecule has 1 heterocycles. The number of piperazine rings is 1. The predicted molar refractivity (Wildman–Crippen MR) is 104 cm³/mol. The van der Waals surface area contributed by atoms with E-state index >= 15 is 0 Å². The summed E-state index contributed by atoms with van der Waals surface area (Å²) in [6.45, 7) is 3.72. The number of carbonyl (C=O) groups is 2. The second-order valence-corrected chi connectivity index (χ2v) is 7.21. The van der Waals surface area contributed by atoms with E-state index in [-0.39, 0.29) is 11.9 Å². The normalized spacial score (nSPS) is 19.6. The maximum atomic E-state index is 12.4. The summed E-state index contributed by atoms with van der Waals surface area (Å²) in [4.78, 5) is 28.6. The van der Waals surface area contributed by atoms with E-state index in [1.54, 1.807) is 4.90 Å². The minimum absolute atomic E-state index is 0.185. The van der Waals surface area contributed by atoms with Gasteiger partial charge in [0.25, 0.3) is 0 Å². The van der Waals surface area contributed by atoms with Crippen molar-refractivity contribution in [3.63, 3.8) is 0 Å². The molecule has 2 aliphatic rings. The first-order valence-electron chi connectivity index (χ1n) is 9.76. The van der Waals surface area contributed by atoms with Crippen molar-refractivity contribution in [3.05, 3.63) is 42.0 Å². The average Bonchev–Trinajstić information content (AvgIpc) is 2.69. The Labute approximate surface area is 156 Å². The number of benzene rings is 1. The number of nitrogens with one attached hydrogen (secondary N) is 1. The van der Waals surface area contributed by atoms with Crippen LogP contribution in [0.3, 0.4) is 0 Å². The number of hydrogen-bond acceptors (Lipinski definition) is 3. The molecule has 2 amide bonds. The Morgan fingerprint density at radius 2 is 1.69 bits per heavy atom. The lowest BCUT2D eigenvalue weighted by Gasteiger charge is -2.34. The Morgan fingerprint density at radius 1 is 1.00 bits per heavy atom. The van der Waals surface area contributed by atoms with E-state index in [4.69, 9.17) is 0 Å². The van der Waals surface area contributed by atoms with Crippen LogP contribution in [0.4, 0.5) is 0 Å². The molecule has 3 rings (SSSR count). The highest BCUT2D eigenvalue weighted by Crippen LogP contribution is 2.17. The third-order valence-electron chi connectivity index (χ3n) is 5.27. The minimum atomic E-state index is -0.422. The van der Waals surface area contributed by atoms with Gasteiger partial charge in [0.1, 0.15) is 0 Å². The zero-order valence-corrected chi connectivity index (χ0v) is 15.4. The molecule has 0 atom stereocenters. The maximum Gasteiger partial charge on any atom is 0.311 e. The van der Waals surface area contributed by atoms with Crippen LogP contribution in [0.5, 0.6) is 0 Å². The SMILES string of the molecule is O=C(NC1CCCCC1)C(=O)N1CCN(C/C=C/c2ccccc2)CC1. The molecule has 1 aliphatic heterocycles. The molecule has 0 bridgehead atoms. The fraction of sp³-hybridized carbons (Fsp3) is 0.524. The van der Waals surface area contributed by atoms with Crippen LogP contribution in [0.25, 0.3) is 6.08 Å². The van der Waals surface area contributed by atoms with E-state index in [1.807, 2.05) is 18.2 Å². The maximum absolute atomic E-state index is 12.4. The van der Waals surface area contributed by atoms with E-state index < -0.39 is 5.91 Å². The van der Waals surface area contributed by atoms with Crippen molar-refractivity contribution in [2.75, 3.05) is 32.7 Å². The lowest BCUT2D eigenvalue weighted by molar-refractivity contribution is -0.147. The van der Waals surface area contributed by atoms with Crippen LogP contribution in [0.2, 0.25) is 0 Å². The van der Waals surface area contributed by atoms with Crippen molar-refractivity contribution in [1.29, 1.82) is 0 Å². The van der Waals surface area contributed by atoms with Crippen LogP contribution in [0, 0.1) is 0 Å². The molecule has 1 saturated heterocycles. The standard InChI is InChI=1S/C21H29N3O2/c25-20(22-19-11-5-2-6-12-19)21(26)24-16-14-23(15-17-24)13-7-10-18-8-3-1-4-9-18/h1,3-4,7-10,19H,2,5-6,11-17H2,(H,22,25)/b10-7+. The van der Waals surface area contributed by atoms with Gasteiger partial charge in [-0.15, -0.1) is 0 Å². The predicted octanol–water partition coefficient (Wildman–Crippen LogP) is 2.29. The molecule has 1 N–H and O–H groups in total. The number of carbonyl (C=O) groups excluding carboxylic acids is 2. The van der Waals surface area contributed by atoms with Crippen molar-refractivity contribution in [2.24, 2.45) is 0 Å². The topological polar surface area (TPSA) is 52.7 Å². The molecule has 5 nitrogen and oxygen atoms in total. The van der Waals surface area contributed by atoms with Gasteiger partial charge in [-0.2, -0.15) is 0 Å². The van der Waals surface area contributed by atoms with Crippen LogP contribution in [-0.4, -0.2) is 60.4 Å². The van der Waals surface area contributed by atoms with Gasteiger partial charge in [-0.05, 0) is 18.4 Å². The van der Waals surface area contributed by atoms with Crippen LogP contribution in [0.1, 0.15) is 37.7 Å². The summed E-state index contributed by atoms with van der Waals surface area (Å²) in [7, 11) is 0. The molecule has 140 valence electrons. The molecule has 1 saturated carbocycles. The number of nitrogens with zero attached hydrogens (tertiary/aromatic N) is 2. The largest absolute Gasteiger partial charge is 0.345 e. The summed E-state index contributed by atoms with van der Waals surface area (Å²) in [5.74, 6) is -0.788. The molecule has 0 aromatic heterocycles. The molecule has 0 spiro atoms. The first-order valence-corrected chi connectivity index (χ1v) is 9.76. The molecular formula is C21H29N3O2. The molecule has 26 heavy (non-hydrogen) atoms. The molecular weight excluding hydrogens is 326 g/mol. The summed E-state index contributed by atoms with van der Waals surface area (Å²) >= 11 is 0. The van der Waals surface area contributed by atoms with E-state index in [0.29, 0.717) is 13.1 Å². The van der Waals surface area contributed by atoms with Crippen molar-refractivity contribution in [1.82, 2.24) is 15.1 Å². The van der Waals surface area contributed by atoms with Gasteiger partial charge in [-0.1, -0.05) is 61.7 Å². The minimum Gasteiger partial charge on any atom is -0.345 e. The van der Waals surface area contributed by atoms with E-state index in [1.165, 1.54) is 12.0 Å². The molecule has 0 radical (unpaired) electrons. The number of hydrogen-bond donors (Lipinski definition) is 1. The summed E-state index contributed by atoms with van der Waals surface area (Å²) in [6, 6.07) is 10.4. The zero-order chi connectivity index (χ0) is 18.2. The van der Waals surface area contributed by atoms with Gasteiger partial charge in [0.2, 0.25) is 0 Å². The zero-order valence-electron chi connectivity index (χ0n) is 15.4. The van der Waals surface area contributed by atoms with Gasteiger partial charge in [0.15, 0.2) is 0 Å². The molecule has 1 aromatic carbocycles. The first-order chi connectivity index (χ1) is 12.7. The number of rotatable bonds is 4. The van der Waals surface area contributed by atoms with Crippen LogP contribution in [-0.2, 0) is 9.59 Å². The summed E-state index contributed by atoms with van der Waals surface area (Å²) in [5, 5.41) is 2.92. The second kappa shape index (κ2) is 9.53. The Balaban J connectivity index is 1.39. The Kier molecular flexibility index (Phi) is 6.83. The number of amides is 2. The van der Waals surface area contributed by atoms with Crippen molar-refractivity contribution in [2.45, 2.75) is 38.1 Å². The fourth-order valence-electron chi connectivity index (χ4n) is 3.67. The molecule has 1 aromatic rings. The monoisotopic (exact) mass is 355 g/mol. The van der Waals surface area contributed by atoms with Gasteiger partial charge >= 0.3 is 11.8 Å². The lowest BCUT2D eigenvalue weighted by Crippen LogP contribution is -2.53. The quantitative estimate of drug-likeness (QED) is 0.843. The van der Waals surface area contributed by atoms with Gasteiger partial charge in [0, 0.05) is 38.8 Å². The highest BCUT2D eigenvalue weighted by molar-refractivity contribution is 6.35. The fourth-order valence-corrected chi connectivity index (χ4v) is 3.67. The van der Waals surface area contributed by atoms with Crippen LogP contribution < -0.4 is 5.32 Å². The van der Waals surface area contributed by atoms with E-state index in [0.717, 1.165) is 45.3 Å². The molecule has 0 unspecified atom stereocenters. The first kappa shape index (κ1) is 18.6. The smallest absolute Gasteiger partial charge is 0.311 e. The van der Waals surface area contributed by atoms with Crippen LogP contribution in [0.15, 0.2) is 36.4 Å². The summed E-state index contributed by atoms with van der Waals surface area (Å²) < 4.78 is 0. The van der Waals surface area contributed by atoms with Gasteiger partial charge in [-0.25, -0.2) is 0 Å². The van der Waals surface area contributed by atoms with Crippen LogP contribution >= 0.6 is 0 Å². The van der Waals surface area contributed by atoms with Gasteiger partial charge in [0.05, 0.1) is 0 Å². The summed E-state index contributed by atoms with van der Waals surface area (Å²) in [6.07, 6.45) is 9.81. The van der Waals surface area contributed by atoms with Crippen molar-refractivity contribution >= 4 is 17.9 Å². The lowest BCUT2D eigenvalue weighted by atomic mass is 9.95. The van der Waals surface area contributed by atoms with Crippen molar-refractivity contribution < 1.29 is 9.59 Å². The molecule has 1 aliphatic carbocycles. The van der Waals surface area contributed by atoms with Gasteiger partial charge in [-0.3, -0.25) is 14.5 Å². The summed E-state index contributed by atoms with van der Waals surface area (Å²) in [5.41, 5.74) is 1.20. The van der Waals surface area contributed by atoms with Gasteiger partial charge < -0.3 is 10.2 Å². The van der Waals surface area contributed by atoms with E-state index in [2.05, 4.69) is 34.5 Å². The second-order valence-electron chi connectivity index (χ2n) is 7.21. The van der Waals surface area contributed by atoms with E-state index in [9.17, 15) is 9.59 Å². The highest BCUT2D eigenvalue weighted by atomic mass is 16.2. The van der Waals surface area contributed by atoms with Crippen molar-refractivity contribution in [3.8, 4) is 0 Å². The highest BCUT2D eigenvalue weighted by Gasteiger charge is 2.27. The Bertz CT molecular complexity index is 615. The Hall–Kier alpha value is -2.14.